The van der Waals surface area contributed by atoms with Crippen molar-refractivity contribution in [3.8, 4) is 0 Å². The Morgan fingerprint density at radius 2 is 1.75 bits per heavy atom. The van der Waals surface area contributed by atoms with Crippen molar-refractivity contribution in [3.05, 3.63) is 41.8 Å². The molecule has 0 radical (unpaired) electrons. The Kier molecular flexibility index (Phi) is 13.6. The zero-order valence-corrected chi connectivity index (χ0v) is 25.0. The highest BCUT2D eigenvalue weighted by atomic mass is 19.1. The van der Waals surface area contributed by atoms with Crippen molar-refractivity contribution in [1.29, 1.82) is 0 Å². The minimum atomic E-state index is -0.370. The maximum atomic E-state index is 14.5. The highest BCUT2D eigenvalue weighted by Gasteiger charge is 2.13. The van der Waals surface area contributed by atoms with Crippen LogP contribution in [0.1, 0.15) is 71.3 Å². The lowest BCUT2D eigenvalue weighted by molar-refractivity contribution is 0.0361. The van der Waals surface area contributed by atoms with Crippen LogP contribution in [-0.2, 0) is 11.3 Å². The van der Waals surface area contributed by atoms with E-state index >= 15 is 0 Å². The molecule has 0 aliphatic carbocycles. The number of rotatable bonds is 14. The Hall–Kier alpha value is -2.75. The maximum absolute atomic E-state index is 14.5. The molecular formula is C31H50FN7O. The number of nitrogens with zero attached hydrogens (tertiary/aromatic N) is 4. The summed E-state index contributed by atoms with van der Waals surface area (Å²) in [6.07, 6.45) is 10.3. The van der Waals surface area contributed by atoms with Gasteiger partial charge in [-0.2, -0.15) is 5.10 Å². The number of aryl methyl sites for hydroxylation is 1. The number of aromatic nitrogens is 3. The van der Waals surface area contributed by atoms with E-state index in [0.717, 1.165) is 87.2 Å². The van der Waals surface area contributed by atoms with Crippen LogP contribution in [0.5, 0.6) is 0 Å². The van der Waals surface area contributed by atoms with E-state index in [0.29, 0.717) is 12.4 Å². The number of fused-ring (bicyclic) bond motifs is 1. The third kappa shape index (κ3) is 10.0. The molecule has 0 spiro atoms. The van der Waals surface area contributed by atoms with Crippen LogP contribution in [0.4, 0.5) is 21.7 Å². The van der Waals surface area contributed by atoms with E-state index in [1.54, 1.807) is 0 Å². The predicted molar refractivity (Wildman–Crippen MR) is 165 cm³/mol. The first-order valence-corrected chi connectivity index (χ1v) is 15.1. The van der Waals surface area contributed by atoms with Crippen molar-refractivity contribution in [2.75, 3.05) is 50.0 Å². The molecule has 40 heavy (non-hydrogen) atoms. The van der Waals surface area contributed by atoms with Gasteiger partial charge in [0.25, 0.3) is 0 Å². The van der Waals surface area contributed by atoms with Crippen LogP contribution in [0, 0.1) is 12.7 Å². The summed E-state index contributed by atoms with van der Waals surface area (Å²) in [5.74, 6) is 0.472. The van der Waals surface area contributed by atoms with Gasteiger partial charge in [-0.1, -0.05) is 59.3 Å². The molecular weight excluding hydrogens is 505 g/mol. The van der Waals surface area contributed by atoms with Crippen LogP contribution >= 0.6 is 0 Å². The summed E-state index contributed by atoms with van der Waals surface area (Å²) in [6, 6.07) is 7.60. The summed E-state index contributed by atoms with van der Waals surface area (Å²) < 4.78 is 22.0. The quantitative estimate of drug-likeness (QED) is 0.196. The van der Waals surface area contributed by atoms with Crippen LogP contribution < -0.4 is 16.4 Å². The highest BCUT2D eigenvalue weighted by molar-refractivity contribution is 5.83. The van der Waals surface area contributed by atoms with E-state index in [-0.39, 0.29) is 17.7 Å². The minimum absolute atomic E-state index is 0.0253. The molecule has 8 nitrogen and oxygen atoms in total. The van der Waals surface area contributed by atoms with Crippen LogP contribution in [0.25, 0.3) is 10.9 Å². The zero-order valence-electron chi connectivity index (χ0n) is 25.0. The molecule has 3 heterocycles. The lowest BCUT2D eigenvalue weighted by Crippen LogP contribution is -2.38. The first-order valence-electron chi connectivity index (χ1n) is 15.1. The largest absolute Gasteiger partial charge is 0.379 e. The number of unbranched alkanes of at least 4 members (excludes halogenated alkanes) is 4. The van der Waals surface area contributed by atoms with Gasteiger partial charge in [-0.15, -0.1) is 0 Å². The van der Waals surface area contributed by atoms with Gasteiger partial charge in [-0.3, -0.25) is 9.58 Å². The highest BCUT2D eigenvalue weighted by Crippen LogP contribution is 2.26. The van der Waals surface area contributed by atoms with E-state index in [9.17, 15) is 4.39 Å². The molecule has 4 N–H and O–H groups in total. The molecule has 4 rings (SSSR count). The summed E-state index contributed by atoms with van der Waals surface area (Å²) in [6.45, 7) is 14.3. The number of halogens is 1. The van der Waals surface area contributed by atoms with Crippen LogP contribution in [0.3, 0.4) is 0 Å². The SMILES string of the molecule is CCCCC.CCCCCC(N)CNc1nc(Nc2ccc3c(cnn3CCN3CCOCC3)c2)c(C)cc1F. The monoisotopic (exact) mass is 555 g/mol. The molecule has 1 aliphatic heterocycles. The Morgan fingerprint density at radius 3 is 2.45 bits per heavy atom. The lowest BCUT2D eigenvalue weighted by Gasteiger charge is -2.26. The van der Waals surface area contributed by atoms with Crippen molar-refractivity contribution < 1.29 is 9.13 Å². The number of nitrogens with one attached hydrogen (secondary N) is 2. The van der Waals surface area contributed by atoms with E-state index in [1.807, 2.05) is 23.9 Å². The molecule has 0 saturated carbocycles. The second-order valence-corrected chi connectivity index (χ2v) is 10.7. The van der Waals surface area contributed by atoms with Gasteiger partial charge in [0.1, 0.15) is 5.82 Å². The standard InChI is InChI=1S/C26H38FN7O.C5H12/c1-3-4-5-6-21(28)18-29-26-23(27)15-19(2)25(32-26)31-22-7-8-24-20(16-22)17-30-34(24)10-9-33-11-13-35-14-12-33;1-3-5-4-2/h7-8,15-17,21H,3-6,9-14,18,28H2,1-2H3,(H2,29,31,32);3-5H2,1-2H3. The molecule has 222 valence electrons. The topological polar surface area (TPSA) is 93.3 Å². The average molecular weight is 556 g/mol. The van der Waals surface area contributed by atoms with Crippen molar-refractivity contribution in [1.82, 2.24) is 19.7 Å². The third-order valence-electron chi connectivity index (χ3n) is 7.22. The Bertz CT molecular complexity index is 1140. The van der Waals surface area contributed by atoms with E-state index in [2.05, 4.69) is 58.5 Å². The third-order valence-corrected chi connectivity index (χ3v) is 7.22. The molecule has 1 saturated heterocycles. The molecule has 1 atom stereocenters. The van der Waals surface area contributed by atoms with E-state index in [4.69, 9.17) is 10.5 Å². The van der Waals surface area contributed by atoms with Crippen molar-refractivity contribution >= 4 is 28.2 Å². The number of pyridine rings is 1. The number of hydrogen-bond acceptors (Lipinski definition) is 7. The van der Waals surface area contributed by atoms with Crippen LogP contribution in [0.2, 0.25) is 0 Å². The molecule has 1 aliphatic rings. The summed E-state index contributed by atoms with van der Waals surface area (Å²) in [4.78, 5) is 6.92. The van der Waals surface area contributed by atoms with Crippen molar-refractivity contribution in [2.24, 2.45) is 5.73 Å². The zero-order chi connectivity index (χ0) is 28.7. The molecule has 2 aromatic heterocycles. The van der Waals surface area contributed by atoms with Gasteiger partial charge >= 0.3 is 0 Å². The maximum Gasteiger partial charge on any atom is 0.165 e. The van der Waals surface area contributed by atoms with Gasteiger partial charge in [0, 0.05) is 43.3 Å². The summed E-state index contributed by atoms with van der Waals surface area (Å²) >= 11 is 0. The number of anilines is 3. The fraction of sp³-hybridized carbons (Fsp3) is 0.613. The Balaban J connectivity index is 0.000000810. The Labute approximate surface area is 239 Å². The van der Waals surface area contributed by atoms with Crippen LogP contribution in [-0.4, -0.2) is 65.1 Å². The van der Waals surface area contributed by atoms with Gasteiger partial charge in [0.05, 0.1) is 31.5 Å². The van der Waals surface area contributed by atoms with E-state index in [1.165, 1.54) is 25.3 Å². The molecule has 0 amide bonds. The summed E-state index contributed by atoms with van der Waals surface area (Å²) in [5.41, 5.74) is 8.89. The summed E-state index contributed by atoms with van der Waals surface area (Å²) in [5, 5.41) is 12.1. The first kappa shape index (κ1) is 31.8. The molecule has 0 bridgehead atoms. The van der Waals surface area contributed by atoms with E-state index < -0.39 is 0 Å². The fourth-order valence-corrected chi connectivity index (χ4v) is 4.71. The molecule has 1 aromatic carbocycles. The molecule has 3 aromatic rings. The number of benzene rings is 1. The first-order chi connectivity index (χ1) is 19.4. The number of hydrogen-bond donors (Lipinski definition) is 3. The number of ether oxygens (including phenoxy) is 1. The molecule has 9 heteroatoms. The second-order valence-electron chi connectivity index (χ2n) is 10.7. The minimum Gasteiger partial charge on any atom is -0.379 e. The molecule has 1 fully saturated rings. The lowest BCUT2D eigenvalue weighted by atomic mass is 10.1. The van der Waals surface area contributed by atoms with Gasteiger partial charge in [-0.25, -0.2) is 9.37 Å². The normalized spacial score (nSPS) is 14.6. The van der Waals surface area contributed by atoms with Gasteiger partial charge in [0.15, 0.2) is 11.6 Å². The van der Waals surface area contributed by atoms with Crippen molar-refractivity contribution in [3.63, 3.8) is 0 Å². The van der Waals surface area contributed by atoms with Crippen molar-refractivity contribution in [2.45, 2.75) is 85.2 Å². The average Bonchev–Trinajstić information content (AvgIpc) is 3.36. The summed E-state index contributed by atoms with van der Waals surface area (Å²) in [7, 11) is 0. The fourth-order valence-electron chi connectivity index (χ4n) is 4.71. The van der Waals surface area contributed by atoms with Gasteiger partial charge in [0.2, 0.25) is 0 Å². The Morgan fingerprint density at radius 1 is 1.00 bits per heavy atom. The van der Waals surface area contributed by atoms with Gasteiger partial charge < -0.3 is 21.1 Å². The van der Waals surface area contributed by atoms with Gasteiger partial charge in [-0.05, 0) is 43.2 Å². The number of nitrogens with two attached hydrogens (primary N) is 1. The smallest absolute Gasteiger partial charge is 0.165 e. The van der Waals surface area contributed by atoms with Crippen LogP contribution in [0.15, 0.2) is 30.5 Å². The number of morpholine rings is 1. The predicted octanol–water partition coefficient (Wildman–Crippen LogP) is 6.47. The molecule has 1 unspecified atom stereocenters. The second kappa shape index (κ2) is 17.1.